The zero-order valence-corrected chi connectivity index (χ0v) is 12.9. The summed E-state index contributed by atoms with van der Waals surface area (Å²) in [4.78, 5) is 16.7. The highest BCUT2D eigenvalue weighted by Gasteiger charge is 2.20. The maximum Gasteiger partial charge on any atom is 0.347 e. The lowest BCUT2D eigenvalue weighted by Gasteiger charge is -2.01. The Labute approximate surface area is 130 Å². The third kappa shape index (κ3) is 2.44. The molecular formula is C15H14N2O4S. The fourth-order valence-corrected chi connectivity index (χ4v) is 3.18. The molecule has 2 heterocycles. The summed E-state index contributed by atoms with van der Waals surface area (Å²) < 4.78 is 12.0. The van der Waals surface area contributed by atoms with Crippen LogP contribution in [0.3, 0.4) is 0 Å². The first-order valence-corrected chi connectivity index (χ1v) is 7.33. The van der Waals surface area contributed by atoms with Gasteiger partial charge >= 0.3 is 5.97 Å². The van der Waals surface area contributed by atoms with E-state index in [1.807, 2.05) is 30.5 Å². The first-order chi connectivity index (χ1) is 10.6. The quantitative estimate of drug-likeness (QED) is 0.783. The van der Waals surface area contributed by atoms with Crippen molar-refractivity contribution in [2.75, 3.05) is 14.2 Å². The van der Waals surface area contributed by atoms with Gasteiger partial charge in [0, 0.05) is 18.9 Å². The van der Waals surface area contributed by atoms with Crippen molar-refractivity contribution in [1.82, 2.24) is 9.38 Å². The Morgan fingerprint density at radius 1 is 1.32 bits per heavy atom. The average Bonchev–Trinajstić information content (AvgIpc) is 3.07. The zero-order valence-electron chi connectivity index (χ0n) is 12.1. The molecule has 0 unspecified atom stereocenters. The molecule has 0 saturated heterocycles. The van der Waals surface area contributed by atoms with Gasteiger partial charge in [0.15, 0.2) is 4.96 Å². The molecule has 22 heavy (non-hydrogen) atoms. The molecule has 1 N–H and O–H groups in total. The van der Waals surface area contributed by atoms with Crippen LogP contribution in [-0.4, -0.2) is 34.7 Å². The normalized spacial score (nSPS) is 11.0. The molecule has 0 atom stereocenters. The number of nitrogens with zero attached hydrogens (tertiary/aromatic N) is 2. The van der Waals surface area contributed by atoms with Crippen LogP contribution < -0.4 is 4.74 Å². The number of imidazole rings is 1. The number of methoxy groups -OCH3 is 2. The SMILES string of the molecule is COCc1c(C(=O)O)sc2nc(-c3ccc(OC)cc3)cn12. The number of carbonyl (C=O) groups is 1. The standard InChI is InChI=1S/C15H14N2O4S/c1-20-8-12-13(14(18)19)22-15-16-11(7-17(12)15)9-3-5-10(21-2)6-4-9/h3-7H,8H2,1-2H3,(H,18,19). The Morgan fingerprint density at radius 2 is 2.05 bits per heavy atom. The molecule has 7 heteroatoms. The van der Waals surface area contributed by atoms with Crippen molar-refractivity contribution in [3.05, 3.63) is 41.0 Å². The minimum absolute atomic E-state index is 0.222. The van der Waals surface area contributed by atoms with E-state index in [1.54, 1.807) is 11.5 Å². The second-order valence-corrected chi connectivity index (χ2v) is 5.60. The second-order valence-electron chi connectivity index (χ2n) is 4.62. The van der Waals surface area contributed by atoms with Crippen molar-refractivity contribution < 1.29 is 19.4 Å². The number of hydrogen-bond donors (Lipinski definition) is 1. The largest absolute Gasteiger partial charge is 0.497 e. The predicted molar refractivity (Wildman–Crippen MR) is 82.7 cm³/mol. The average molecular weight is 318 g/mol. The van der Waals surface area contributed by atoms with Gasteiger partial charge in [0.2, 0.25) is 0 Å². The Hall–Kier alpha value is -2.38. The van der Waals surface area contributed by atoms with E-state index < -0.39 is 5.97 Å². The Kier molecular flexibility index (Phi) is 3.82. The number of aromatic nitrogens is 2. The molecule has 0 fully saturated rings. The molecule has 0 radical (unpaired) electrons. The van der Waals surface area contributed by atoms with Crippen LogP contribution in [0.2, 0.25) is 0 Å². The highest BCUT2D eigenvalue weighted by molar-refractivity contribution is 7.19. The number of carboxylic acids is 1. The van der Waals surface area contributed by atoms with Gasteiger partial charge in [-0.1, -0.05) is 11.3 Å². The van der Waals surface area contributed by atoms with Gasteiger partial charge in [-0.15, -0.1) is 0 Å². The molecule has 6 nitrogen and oxygen atoms in total. The van der Waals surface area contributed by atoms with E-state index >= 15 is 0 Å². The van der Waals surface area contributed by atoms with Gasteiger partial charge in [0.05, 0.1) is 25.1 Å². The molecular weight excluding hydrogens is 304 g/mol. The van der Waals surface area contributed by atoms with Crippen molar-refractivity contribution in [2.45, 2.75) is 6.61 Å². The van der Waals surface area contributed by atoms with Crippen LogP contribution in [0.1, 0.15) is 15.4 Å². The van der Waals surface area contributed by atoms with Crippen LogP contribution in [-0.2, 0) is 11.3 Å². The van der Waals surface area contributed by atoms with E-state index in [4.69, 9.17) is 9.47 Å². The molecule has 0 aliphatic rings. The lowest BCUT2D eigenvalue weighted by Crippen LogP contribution is -2.02. The third-order valence-corrected chi connectivity index (χ3v) is 4.37. The van der Waals surface area contributed by atoms with Crippen molar-refractivity contribution in [3.63, 3.8) is 0 Å². The Balaban J connectivity index is 2.07. The van der Waals surface area contributed by atoms with E-state index in [2.05, 4.69) is 4.98 Å². The van der Waals surface area contributed by atoms with Gasteiger partial charge < -0.3 is 14.6 Å². The fourth-order valence-electron chi connectivity index (χ4n) is 2.23. The number of thiazole rings is 1. The van der Waals surface area contributed by atoms with E-state index in [9.17, 15) is 9.90 Å². The summed E-state index contributed by atoms with van der Waals surface area (Å²) in [5.74, 6) is -0.188. The highest BCUT2D eigenvalue weighted by atomic mass is 32.1. The molecule has 1 aromatic carbocycles. The molecule has 3 aromatic rings. The molecule has 0 aliphatic carbocycles. The van der Waals surface area contributed by atoms with Crippen LogP contribution in [0.4, 0.5) is 0 Å². The zero-order chi connectivity index (χ0) is 15.7. The van der Waals surface area contributed by atoms with Crippen molar-refractivity contribution in [1.29, 1.82) is 0 Å². The highest BCUT2D eigenvalue weighted by Crippen LogP contribution is 2.28. The van der Waals surface area contributed by atoms with Gasteiger partial charge in [-0.2, -0.15) is 0 Å². The fraction of sp³-hybridized carbons (Fsp3) is 0.200. The molecule has 0 amide bonds. The predicted octanol–water partition coefficient (Wildman–Crippen LogP) is 2.92. The second kappa shape index (κ2) is 5.78. The molecule has 0 saturated carbocycles. The maximum atomic E-state index is 11.3. The first kappa shape index (κ1) is 14.6. The molecule has 0 spiro atoms. The molecule has 0 bridgehead atoms. The van der Waals surface area contributed by atoms with Gasteiger partial charge in [-0.05, 0) is 24.3 Å². The number of hydrogen-bond acceptors (Lipinski definition) is 5. The summed E-state index contributed by atoms with van der Waals surface area (Å²) in [7, 11) is 3.16. The number of fused-ring (bicyclic) bond motifs is 1. The van der Waals surface area contributed by atoms with Gasteiger partial charge in [-0.3, -0.25) is 4.40 Å². The molecule has 2 aromatic heterocycles. The summed E-state index contributed by atoms with van der Waals surface area (Å²) >= 11 is 1.14. The van der Waals surface area contributed by atoms with Gasteiger partial charge in [0.25, 0.3) is 0 Å². The number of carboxylic acid groups (broad SMARTS) is 1. The van der Waals surface area contributed by atoms with Crippen LogP contribution >= 0.6 is 11.3 Å². The first-order valence-electron chi connectivity index (χ1n) is 6.51. The van der Waals surface area contributed by atoms with E-state index in [0.29, 0.717) is 10.7 Å². The summed E-state index contributed by atoms with van der Waals surface area (Å²) in [6.07, 6.45) is 1.83. The lowest BCUT2D eigenvalue weighted by molar-refractivity contribution is 0.0696. The van der Waals surface area contributed by atoms with Crippen molar-refractivity contribution in [2.24, 2.45) is 0 Å². The monoisotopic (exact) mass is 318 g/mol. The Bertz CT molecular complexity index is 820. The number of aromatic carboxylic acids is 1. The van der Waals surface area contributed by atoms with E-state index in [1.165, 1.54) is 7.11 Å². The van der Waals surface area contributed by atoms with Crippen molar-refractivity contribution >= 4 is 22.3 Å². The Morgan fingerprint density at radius 3 is 2.64 bits per heavy atom. The minimum Gasteiger partial charge on any atom is -0.497 e. The van der Waals surface area contributed by atoms with E-state index in [0.717, 1.165) is 28.3 Å². The summed E-state index contributed by atoms with van der Waals surface area (Å²) in [6.45, 7) is 0.222. The minimum atomic E-state index is -0.964. The van der Waals surface area contributed by atoms with E-state index in [-0.39, 0.29) is 11.5 Å². The number of benzene rings is 1. The van der Waals surface area contributed by atoms with Crippen LogP contribution in [0.5, 0.6) is 5.75 Å². The maximum absolute atomic E-state index is 11.3. The van der Waals surface area contributed by atoms with Gasteiger partial charge in [-0.25, -0.2) is 9.78 Å². The molecule has 0 aliphatic heterocycles. The lowest BCUT2D eigenvalue weighted by atomic mass is 10.2. The summed E-state index contributed by atoms with van der Waals surface area (Å²) in [5.41, 5.74) is 2.32. The topological polar surface area (TPSA) is 73.1 Å². The summed E-state index contributed by atoms with van der Waals surface area (Å²) in [6, 6.07) is 7.56. The molecule has 114 valence electrons. The van der Waals surface area contributed by atoms with Crippen LogP contribution in [0.15, 0.2) is 30.5 Å². The smallest absolute Gasteiger partial charge is 0.347 e. The van der Waals surface area contributed by atoms with Crippen molar-refractivity contribution in [3.8, 4) is 17.0 Å². The number of rotatable bonds is 5. The third-order valence-electron chi connectivity index (χ3n) is 3.28. The summed E-state index contributed by atoms with van der Waals surface area (Å²) in [5, 5.41) is 9.26. The van der Waals surface area contributed by atoms with Crippen LogP contribution in [0, 0.1) is 0 Å². The molecule has 3 rings (SSSR count). The van der Waals surface area contributed by atoms with Gasteiger partial charge in [0.1, 0.15) is 10.6 Å². The van der Waals surface area contributed by atoms with Crippen LogP contribution in [0.25, 0.3) is 16.2 Å². The number of ether oxygens (including phenoxy) is 2.